The average molecular weight is 781 g/mol. The maximum absolute atomic E-state index is 6.69. The van der Waals surface area contributed by atoms with Gasteiger partial charge in [-0.15, -0.1) is 0 Å². The summed E-state index contributed by atoms with van der Waals surface area (Å²) in [6.07, 6.45) is 0. The van der Waals surface area contributed by atoms with Crippen molar-refractivity contribution in [1.82, 2.24) is 0 Å². The molecule has 4 heteroatoms. The Labute approximate surface area is 356 Å². The molecule has 9 aromatic carbocycles. The van der Waals surface area contributed by atoms with E-state index in [1.54, 1.807) is 0 Å². The van der Waals surface area contributed by atoms with E-state index in [1.165, 1.54) is 83.4 Å². The number of hydrogen-bond acceptors (Lipinski definition) is 3. The monoisotopic (exact) mass is 780 g/mol. The van der Waals surface area contributed by atoms with Crippen LogP contribution in [0.3, 0.4) is 0 Å². The van der Waals surface area contributed by atoms with E-state index in [1.807, 2.05) is 0 Å². The number of fused-ring (bicyclic) bond motifs is 11. The van der Waals surface area contributed by atoms with Gasteiger partial charge in [-0.1, -0.05) is 172 Å². The molecule has 0 saturated carbocycles. The van der Waals surface area contributed by atoms with Crippen LogP contribution in [0.2, 0.25) is 0 Å². The third-order valence-electron chi connectivity index (χ3n) is 13.8. The molecule has 0 bridgehead atoms. The number of anilines is 5. The quantitative estimate of drug-likeness (QED) is 0.167. The number of para-hydroxylation sites is 3. The summed E-state index contributed by atoms with van der Waals surface area (Å²) in [4.78, 5) is 5.25. The molecule has 0 atom stereocenters. The average Bonchev–Trinajstić information content (AvgIpc) is 3.67. The second kappa shape index (κ2) is 12.4. The highest BCUT2D eigenvalue weighted by molar-refractivity contribution is 6.94. The van der Waals surface area contributed by atoms with E-state index < -0.39 is 5.41 Å². The molecule has 0 saturated heterocycles. The van der Waals surface area contributed by atoms with Gasteiger partial charge in [-0.25, -0.2) is 0 Å². The van der Waals surface area contributed by atoms with Crippen molar-refractivity contribution in [3.05, 3.63) is 222 Å². The molecule has 13 rings (SSSR count). The summed E-state index contributed by atoms with van der Waals surface area (Å²) in [5.41, 5.74) is 18.7. The van der Waals surface area contributed by atoms with Gasteiger partial charge in [-0.3, -0.25) is 0 Å². The largest absolute Gasteiger partial charge is 0.456 e. The van der Waals surface area contributed by atoms with Crippen LogP contribution in [-0.2, 0) is 10.8 Å². The third kappa shape index (κ3) is 4.60. The number of hydrogen-bond donors (Lipinski definition) is 0. The highest BCUT2D eigenvalue weighted by Crippen LogP contribution is 2.60. The van der Waals surface area contributed by atoms with E-state index in [9.17, 15) is 0 Å². The minimum Gasteiger partial charge on any atom is -0.456 e. The van der Waals surface area contributed by atoms with Gasteiger partial charge in [0, 0.05) is 39.1 Å². The van der Waals surface area contributed by atoms with Crippen LogP contribution in [0.4, 0.5) is 28.4 Å². The predicted molar refractivity (Wildman–Crippen MR) is 256 cm³/mol. The van der Waals surface area contributed by atoms with Crippen molar-refractivity contribution in [2.75, 3.05) is 9.71 Å². The predicted octanol–water partition coefficient (Wildman–Crippen LogP) is 13.4. The van der Waals surface area contributed by atoms with Crippen LogP contribution < -0.4 is 20.6 Å². The lowest BCUT2D eigenvalue weighted by Crippen LogP contribution is -2.62. The number of benzene rings is 9. The summed E-state index contributed by atoms with van der Waals surface area (Å²) in [6.45, 7) is 6.74. The second-order valence-corrected chi connectivity index (χ2v) is 18.0. The summed E-state index contributed by atoms with van der Waals surface area (Å²) in [6, 6.07) is 72.6. The fourth-order valence-electron chi connectivity index (χ4n) is 11.2. The van der Waals surface area contributed by atoms with Gasteiger partial charge in [0.05, 0.1) is 11.1 Å². The lowest BCUT2D eigenvalue weighted by Gasteiger charge is -2.52. The Hall–Kier alpha value is -7.30. The molecule has 3 aliphatic heterocycles. The van der Waals surface area contributed by atoms with Crippen LogP contribution in [0, 0.1) is 0 Å². The first-order chi connectivity index (χ1) is 29.9. The standard InChI is InChI=1S/C57H41BN2O/c1-56(2,3)37-29-31-40(32-30-37)60-49-34-43-42-23-12-15-28-51(42)61-52(43)35-44(49)53-41-22-11-10-17-36(41)33-50-54(53)58(60)47-26-16-25-46-55(47)59(50)48-27-14-13-24-45(48)57(46,38-18-6-4-7-19-38)39-20-8-5-9-21-39/h4-35H,1-3H3. The molecule has 0 spiro atoms. The van der Waals surface area contributed by atoms with Crippen molar-refractivity contribution >= 4 is 78.9 Å². The fraction of sp³-hybridized carbons (Fsp3) is 0.0877. The van der Waals surface area contributed by atoms with Gasteiger partial charge in [-0.05, 0) is 103 Å². The van der Waals surface area contributed by atoms with Crippen molar-refractivity contribution in [1.29, 1.82) is 0 Å². The van der Waals surface area contributed by atoms with Gasteiger partial charge >= 0.3 is 6.85 Å². The van der Waals surface area contributed by atoms with Crippen LogP contribution in [0.1, 0.15) is 48.6 Å². The van der Waals surface area contributed by atoms with Crippen LogP contribution in [-0.4, -0.2) is 6.85 Å². The molecular weight excluding hydrogens is 739 g/mol. The molecule has 288 valence electrons. The molecule has 0 aliphatic carbocycles. The van der Waals surface area contributed by atoms with E-state index in [0.29, 0.717) is 0 Å². The smallest absolute Gasteiger partial charge is 0.333 e. The summed E-state index contributed by atoms with van der Waals surface area (Å²) in [7, 11) is 0. The maximum Gasteiger partial charge on any atom is 0.333 e. The van der Waals surface area contributed by atoms with Gasteiger partial charge in [-0.2, -0.15) is 0 Å². The van der Waals surface area contributed by atoms with Gasteiger partial charge in [0.15, 0.2) is 0 Å². The van der Waals surface area contributed by atoms with E-state index in [2.05, 4.69) is 225 Å². The summed E-state index contributed by atoms with van der Waals surface area (Å²) in [5, 5.41) is 4.73. The zero-order chi connectivity index (χ0) is 40.6. The van der Waals surface area contributed by atoms with Crippen molar-refractivity contribution in [3.8, 4) is 11.1 Å². The topological polar surface area (TPSA) is 19.6 Å². The second-order valence-electron chi connectivity index (χ2n) is 18.0. The van der Waals surface area contributed by atoms with Crippen molar-refractivity contribution in [3.63, 3.8) is 0 Å². The van der Waals surface area contributed by atoms with Gasteiger partial charge in [0.1, 0.15) is 11.2 Å². The van der Waals surface area contributed by atoms with E-state index >= 15 is 0 Å². The van der Waals surface area contributed by atoms with Crippen molar-refractivity contribution in [2.45, 2.75) is 31.6 Å². The summed E-state index contributed by atoms with van der Waals surface area (Å²) in [5.74, 6) is 0. The minimum atomic E-state index is -0.578. The first-order valence-electron chi connectivity index (χ1n) is 21.5. The molecule has 61 heavy (non-hydrogen) atoms. The Balaban J connectivity index is 1.21. The highest BCUT2D eigenvalue weighted by Gasteiger charge is 2.53. The number of furan rings is 1. The number of nitrogens with zero attached hydrogens (tertiary/aromatic N) is 2. The molecule has 0 amide bonds. The van der Waals surface area contributed by atoms with Gasteiger partial charge in [0.2, 0.25) is 0 Å². The zero-order valence-corrected chi connectivity index (χ0v) is 34.4. The Morgan fingerprint density at radius 3 is 1.92 bits per heavy atom. The highest BCUT2D eigenvalue weighted by atomic mass is 16.3. The van der Waals surface area contributed by atoms with Crippen molar-refractivity contribution < 1.29 is 4.42 Å². The molecule has 3 nitrogen and oxygen atoms in total. The molecule has 0 radical (unpaired) electrons. The van der Waals surface area contributed by atoms with Gasteiger partial charge < -0.3 is 14.1 Å². The zero-order valence-electron chi connectivity index (χ0n) is 34.4. The molecule has 1 aromatic heterocycles. The van der Waals surface area contributed by atoms with Crippen LogP contribution in [0.5, 0.6) is 0 Å². The Morgan fingerprint density at radius 1 is 0.508 bits per heavy atom. The normalized spacial score (nSPS) is 14.5. The van der Waals surface area contributed by atoms with Gasteiger partial charge in [0.25, 0.3) is 0 Å². The molecule has 4 heterocycles. The Kier molecular flexibility index (Phi) is 7.01. The lowest BCUT2D eigenvalue weighted by molar-refractivity contribution is 0.590. The van der Waals surface area contributed by atoms with E-state index in [-0.39, 0.29) is 12.3 Å². The molecule has 0 N–H and O–H groups in total. The van der Waals surface area contributed by atoms with Crippen LogP contribution in [0.15, 0.2) is 199 Å². The third-order valence-corrected chi connectivity index (χ3v) is 13.8. The first kappa shape index (κ1) is 34.6. The molecular formula is C57H41BN2O. The summed E-state index contributed by atoms with van der Waals surface area (Å²) >= 11 is 0. The molecule has 0 fully saturated rings. The first-order valence-corrected chi connectivity index (χ1v) is 21.5. The van der Waals surface area contributed by atoms with E-state index in [0.717, 1.165) is 27.6 Å². The number of rotatable bonds is 3. The Morgan fingerprint density at radius 2 is 1.16 bits per heavy atom. The minimum absolute atomic E-state index is 0.0222. The van der Waals surface area contributed by atoms with Crippen molar-refractivity contribution in [2.24, 2.45) is 0 Å². The molecule has 0 unspecified atom stereocenters. The summed E-state index contributed by atoms with van der Waals surface area (Å²) < 4.78 is 6.69. The lowest BCUT2D eigenvalue weighted by atomic mass is 9.42. The van der Waals surface area contributed by atoms with E-state index in [4.69, 9.17) is 4.42 Å². The van der Waals surface area contributed by atoms with Crippen LogP contribution in [0.25, 0.3) is 43.8 Å². The molecule has 10 aromatic rings. The molecule has 3 aliphatic rings. The fourth-order valence-corrected chi connectivity index (χ4v) is 11.2. The SMILES string of the molecule is CC(C)(C)c1ccc(N2B3c4cccc5c4N(c4ccccc4C5(c4ccccc4)c4ccccc4)c4cc5ccccc5c(c43)-c3cc4oc5ccccc5c4cc32)cc1. The van der Waals surface area contributed by atoms with Crippen LogP contribution >= 0.6 is 0 Å². The maximum atomic E-state index is 6.69. The Bertz CT molecular complexity index is 3380.